The van der Waals surface area contributed by atoms with Crippen molar-refractivity contribution < 1.29 is 8.42 Å². The van der Waals surface area contributed by atoms with E-state index in [4.69, 9.17) is 0 Å². The van der Waals surface area contributed by atoms with Gasteiger partial charge in [0.05, 0.1) is 6.20 Å². The second-order valence-corrected chi connectivity index (χ2v) is 5.46. The van der Waals surface area contributed by atoms with Crippen molar-refractivity contribution in [1.82, 2.24) is 19.8 Å². The van der Waals surface area contributed by atoms with Gasteiger partial charge in [0.2, 0.25) is 0 Å². The summed E-state index contributed by atoms with van der Waals surface area (Å²) in [6, 6.07) is 1.51. The first-order valence-electron chi connectivity index (χ1n) is 5.38. The Balaban J connectivity index is 0.00000144. The minimum atomic E-state index is -3.43. The van der Waals surface area contributed by atoms with Gasteiger partial charge in [0.1, 0.15) is 0 Å². The average Bonchev–Trinajstić information content (AvgIpc) is 2.85. The summed E-state index contributed by atoms with van der Waals surface area (Å²) >= 11 is 0. The molecule has 8 heteroatoms. The molecule has 2 heterocycles. The van der Waals surface area contributed by atoms with Crippen molar-refractivity contribution in [2.75, 3.05) is 13.1 Å². The van der Waals surface area contributed by atoms with E-state index in [1.807, 2.05) is 6.92 Å². The molecule has 0 bridgehead atoms. The van der Waals surface area contributed by atoms with Crippen LogP contribution in [-0.4, -0.2) is 37.3 Å². The molecule has 0 amide bonds. The van der Waals surface area contributed by atoms with Gasteiger partial charge in [-0.3, -0.25) is 4.68 Å². The van der Waals surface area contributed by atoms with E-state index in [1.54, 1.807) is 0 Å². The van der Waals surface area contributed by atoms with E-state index >= 15 is 0 Å². The van der Waals surface area contributed by atoms with Crippen LogP contribution in [-0.2, 0) is 16.6 Å². The first-order chi connectivity index (χ1) is 7.63. The van der Waals surface area contributed by atoms with E-state index < -0.39 is 10.0 Å². The standard InChI is InChI=1S/C9H16N4O2S.ClH/c1-2-13-9(4-6-11-13)16(14,15)12-8-3-5-10-7-8;/h4,6,8,10,12H,2-3,5,7H2,1H3;1H. The van der Waals surface area contributed by atoms with Crippen LogP contribution in [0.5, 0.6) is 0 Å². The van der Waals surface area contributed by atoms with Crippen molar-refractivity contribution in [3.63, 3.8) is 0 Å². The van der Waals surface area contributed by atoms with Crippen LogP contribution in [0, 0.1) is 0 Å². The first-order valence-corrected chi connectivity index (χ1v) is 6.86. The summed E-state index contributed by atoms with van der Waals surface area (Å²) in [6.07, 6.45) is 2.34. The van der Waals surface area contributed by atoms with Crippen molar-refractivity contribution in [1.29, 1.82) is 0 Å². The summed E-state index contributed by atoms with van der Waals surface area (Å²) in [5.41, 5.74) is 0. The topological polar surface area (TPSA) is 76.0 Å². The first kappa shape index (κ1) is 14.4. The summed E-state index contributed by atoms with van der Waals surface area (Å²) < 4.78 is 28.2. The Morgan fingerprint density at radius 1 is 1.65 bits per heavy atom. The molecule has 6 nitrogen and oxygen atoms in total. The molecule has 1 unspecified atom stereocenters. The molecule has 0 spiro atoms. The van der Waals surface area contributed by atoms with Crippen LogP contribution in [0.1, 0.15) is 13.3 Å². The van der Waals surface area contributed by atoms with Crippen LogP contribution in [0.4, 0.5) is 0 Å². The fraction of sp³-hybridized carbons (Fsp3) is 0.667. The predicted octanol–water partition coefficient (Wildman–Crippen LogP) is -0.0350. The van der Waals surface area contributed by atoms with Gasteiger partial charge in [0.15, 0.2) is 5.03 Å². The molecule has 1 aliphatic rings. The summed E-state index contributed by atoms with van der Waals surface area (Å²) in [5.74, 6) is 0. The predicted molar refractivity (Wildman–Crippen MR) is 66.7 cm³/mol. The maximum Gasteiger partial charge on any atom is 0.258 e. The third-order valence-corrected chi connectivity index (χ3v) is 4.18. The van der Waals surface area contributed by atoms with E-state index in [2.05, 4.69) is 15.1 Å². The third kappa shape index (κ3) is 3.19. The monoisotopic (exact) mass is 280 g/mol. The van der Waals surface area contributed by atoms with Gasteiger partial charge in [0.25, 0.3) is 10.0 Å². The molecule has 2 rings (SSSR count). The summed E-state index contributed by atoms with van der Waals surface area (Å²) in [4.78, 5) is 0. The highest BCUT2D eigenvalue weighted by Gasteiger charge is 2.24. The second kappa shape index (κ2) is 5.81. The number of aromatic nitrogens is 2. The quantitative estimate of drug-likeness (QED) is 0.812. The van der Waals surface area contributed by atoms with Gasteiger partial charge >= 0.3 is 0 Å². The number of hydrogen-bond donors (Lipinski definition) is 2. The molecule has 2 N–H and O–H groups in total. The zero-order valence-corrected chi connectivity index (χ0v) is 11.2. The molecule has 17 heavy (non-hydrogen) atoms. The Bertz CT molecular complexity index is 453. The van der Waals surface area contributed by atoms with Crippen molar-refractivity contribution in [2.45, 2.75) is 31.0 Å². The Morgan fingerprint density at radius 3 is 3.00 bits per heavy atom. The lowest BCUT2D eigenvalue weighted by molar-refractivity contribution is 0.530. The highest BCUT2D eigenvalue weighted by molar-refractivity contribution is 7.89. The molecule has 98 valence electrons. The van der Waals surface area contributed by atoms with Crippen molar-refractivity contribution >= 4 is 22.4 Å². The van der Waals surface area contributed by atoms with Crippen molar-refractivity contribution in [3.05, 3.63) is 12.3 Å². The van der Waals surface area contributed by atoms with Gasteiger partial charge in [-0.25, -0.2) is 13.1 Å². The van der Waals surface area contributed by atoms with Crippen LogP contribution in [0.25, 0.3) is 0 Å². The smallest absolute Gasteiger partial charge is 0.258 e. The minimum Gasteiger partial charge on any atom is -0.315 e. The molecule has 1 fully saturated rings. The van der Waals surface area contributed by atoms with Crippen molar-refractivity contribution in [3.8, 4) is 0 Å². The van der Waals surface area contributed by atoms with Crippen LogP contribution in [0.2, 0.25) is 0 Å². The molecular weight excluding hydrogens is 264 g/mol. The number of nitrogens with one attached hydrogen (secondary N) is 2. The zero-order valence-electron chi connectivity index (χ0n) is 9.59. The van der Waals surface area contributed by atoms with Gasteiger partial charge in [-0.15, -0.1) is 12.4 Å². The molecule has 0 saturated carbocycles. The fourth-order valence-corrected chi connectivity index (χ4v) is 3.28. The van der Waals surface area contributed by atoms with Gasteiger partial charge < -0.3 is 5.32 Å². The molecule has 0 radical (unpaired) electrons. The summed E-state index contributed by atoms with van der Waals surface area (Å²) in [7, 11) is -3.43. The van der Waals surface area contributed by atoms with E-state index in [-0.39, 0.29) is 23.5 Å². The third-order valence-electron chi connectivity index (χ3n) is 2.63. The number of hydrogen-bond acceptors (Lipinski definition) is 4. The molecule has 1 saturated heterocycles. The van der Waals surface area contributed by atoms with Crippen LogP contribution >= 0.6 is 12.4 Å². The van der Waals surface area contributed by atoms with Crippen LogP contribution in [0.15, 0.2) is 17.3 Å². The van der Waals surface area contributed by atoms with Gasteiger partial charge in [0, 0.05) is 19.1 Å². The molecular formula is C9H17ClN4O2S. The zero-order chi connectivity index (χ0) is 11.6. The van der Waals surface area contributed by atoms with E-state index in [1.165, 1.54) is 16.9 Å². The Kier molecular flexibility index (Phi) is 4.93. The molecule has 1 aliphatic heterocycles. The highest BCUT2D eigenvalue weighted by atomic mass is 35.5. The lowest BCUT2D eigenvalue weighted by Crippen LogP contribution is -2.37. The number of rotatable bonds is 4. The number of nitrogens with zero attached hydrogens (tertiary/aromatic N) is 2. The minimum absolute atomic E-state index is 0. The Labute approximate surface area is 107 Å². The van der Waals surface area contributed by atoms with E-state index in [0.29, 0.717) is 13.1 Å². The molecule has 0 aliphatic carbocycles. The van der Waals surface area contributed by atoms with Crippen molar-refractivity contribution in [2.24, 2.45) is 0 Å². The Hall–Kier alpha value is -0.630. The van der Waals surface area contributed by atoms with E-state index in [9.17, 15) is 8.42 Å². The lowest BCUT2D eigenvalue weighted by atomic mass is 10.3. The highest BCUT2D eigenvalue weighted by Crippen LogP contribution is 2.10. The molecule has 1 aromatic rings. The summed E-state index contributed by atoms with van der Waals surface area (Å²) in [5, 5.41) is 7.31. The number of aryl methyl sites for hydroxylation is 1. The van der Waals surface area contributed by atoms with Gasteiger partial charge in [-0.2, -0.15) is 5.10 Å². The fourth-order valence-electron chi connectivity index (χ4n) is 1.82. The Morgan fingerprint density at radius 2 is 2.41 bits per heavy atom. The SMILES string of the molecule is CCn1nccc1S(=O)(=O)NC1CCNC1.Cl. The molecule has 1 aromatic heterocycles. The van der Waals surface area contributed by atoms with Crippen LogP contribution < -0.4 is 10.0 Å². The van der Waals surface area contributed by atoms with E-state index in [0.717, 1.165) is 13.0 Å². The largest absolute Gasteiger partial charge is 0.315 e. The second-order valence-electron chi connectivity index (χ2n) is 3.80. The van der Waals surface area contributed by atoms with Gasteiger partial charge in [-0.05, 0) is 26.0 Å². The number of halogens is 1. The molecule has 1 atom stereocenters. The maximum atomic E-state index is 12.0. The maximum absolute atomic E-state index is 12.0. The number of sulfonamides is 1. The lowest BCUT2D eigenvalue weighted by Gasteiger charge is -2.12. The average molecular weight is 281 g/mol. The summed E-state index contributed by atoms with van der Waals surface area (Å²) in [6.45, 7) is 3.97. The van der Waals surface area contributed by atoms with Gasteiger partial charge in [-0.1, -0.05) is 0 Å². The normalized spacial score (nSPS) is 20.2. The van der Waals surface area contributed by atoms with Crippen LogP contribution in [0.3, 0.4) is 0 Å². The molecule has 0 aromatic carbocycles.